The highest BCUT2D eigenvalue weighted by Gasteiger charge is 2.30. The molecule has 0 fully saturated rings. The molecular formula is C73H142O17P2. The third-order valence-corrected chi connectivity index (χ3v) is 19.1. The molecular weight excluding hydrogens is 1210 g/mol. The summed E-state index contributed by atoms with van der Waals surface area (Å²) in [6, 6.07) is 0. The van der Waals surface area contributed by atoms with Crippen LogP contribution in [0.5, 0.6) is 0 Å². The first-order valence-corrected chi connectivity index (χ1v) is 40.7. The molecule has 0 aliphatic carbocycles. The molecule has 3 N–H and O–H groups in total. The van der Waals surface area contributed by atoms with E-state index in [1.807, 2.05) is 0 Å². The van der Waals surface area contributed by atoms with Gasteiger partial charge in [-0.05, 0) is 49.4 Å². The Morgan fingerprint density at radius 3 is 0.772 bits per heavy atom. The van der Waals surface area contributed by atoms with Crippen LogP contribution in [0.3, 0.4) is 0 Å². The molecule has 546 valence electrons. The van der Waals surface area contributed by atoms with Gasteiger partial charge in [0.2, 0.25) is 0 Å². The lowest BCUT2D eigenvalue weighted by Crippen LogP contribution is -2.30. The predicted molar refractivity (Wildman–Crippen MR) is 372 cm³/mol. The lowest BCUT2D eigenvalue weighted by Gasteiger charge is -2.21. The molecule has 0 saturated heterocycles. The van der Waals surface area contributed by atoms with Gasteiger partial charge < -0.3 is 33.8 Å². The second kappa shape index (κ2) is 62.6. The predicted octanol–water partition coefficient (Wildman–Crippen LogP) is 20.9. The topological polar surface area (TPSA) is 237 Å². The summed E-state index contributed by atoms with van der Waals surface area (Å²) in [5.41, 5.74) is 0. The van der Waals surface area contributed by atoms with Crippen molar-refractivity contribution in [3.8, 4) is 0 Å². The van der Waals surface area contributed by atoms with Crippen LogP contribution in [-0.4, -0.2) is 96.7 Å². The number of ether oxygens (including phenoxy) is 4. The van der Waals surface area contributed by atoms with Gasteiger partial charge in [-0.25, -0.2) is 9.13 Å². The van der Waals surface area contributed by atoms with Crippen LogP contribution < -0.4 is 0 Å². The van der Waals surface area contributed by atoms with E-state index in [1.54, 1.807) is 0 Å². The quantitative estimate of drug-likeness (QED) is 0.0222. The Labute approximate surface area is 562 Å². The Hall–Kier alpha value is -1.94. The number of esters is 4. The molecule has 19 heteroatoms. The minimum Gasteiger partial charge on any atom is -0.462 e. The zero-order valence-electron chi connectivity index (χ0n) is 60.2. The van der Waals surface area contributed by atoms with E-state index in [-0.39, 0.29) is 25.7 Å². The first-order valence-electron chi connectivity index (χ1n) is 37.7. The van der Waals surface area contributed by atoms with Gasteiger partial charge in [-0.15, -0.1) is 0 Å². The van der Waals surface area contributed by atoms with Crippen molar-refractivity contribution in [1.82, 2.24) is 0 Å². The monoisotopic (exact) mass is 1350 g/mol. The highest BCUT2D eigenvalue weighted by atomic mass is 31.2. The maximum atomic E-state index is 13.1. The molecule has 0 aromatic heterocycles. The Morgan fingerprint density at radius 2 is 0.522 bits per heavy atom. The van der Waals surface area contributed by atoms with Crippen LogP contribution in [-0.2, 0) is 65.4 Å². The summed E-state index contributed by atoms with van der Waals surface area (Å²) in [6.45, 7) is 14.2. The number of carbonyl (C=O) groups is 4. The average molecular weight is 1350 g/mol. The maximum absolute atomic E-state index is 13.1. The standard InChI is InChI=1S/C73H142O17P2/c1-9-66(8)52-44-36-28-19-14-15-20-29-37-45-53-70(75)83-59-68(89-72(77)55-47-39-31-21-13-11-10-12-17-25-33-41-49-63(2)3)61-87-91(79,80)85-57-67(74)58-86-92(81,82)88-62-69(60-84-71(76)54-46-38-30-24-23-27-35-43-51-65(6)7)90-73(78)56-48-40-32-22-16-18-26-34-42-50-64(4)5/h63-69,74H,9-62H2,1-8H3,(H,79,80)(H,81,82)/t66?,67?,68-,69-/m1/s1. The SMILES string of the molecule is CCC(C)CCCCCCCCCCCCC(=O)OC[C@H](COP(=O)(O)OCC(O)COP(=O)(O)OC[C@@H](COC(=O)CCCCCCCCCCC(C)C)OC(=O)CCCCCCCCCCCC(C)C)OC(=O)CCCCCCCCCCCCCCC(C)C. The zero-order chi connectivity index (χ0) is 68.2. The fraction of sp³-hybridized carbons (Fsp3) is 0.945. The van der Waals surface area contributed by atoms with Gasteiger partial charge in [0, 0.05) is 25.7 Å². The fourth-order valence-corrected chi connectivity index (χ4v) is 12.6. The Bertz CT molecular complexity index is 1820. The number of carbonyl (C=O) groups excluding carboxylic acids is 4. The number of aliphatic hydroxyl groups is 1. The number of hydrogen-bond donors (Lipinski definition) is 3. The highest BCUT2D eigenvalue weighted by Crippen LogP contribution is 2.45. The molecule has 0 aromatic rings. The van der Waals surface area contributed by atoms with Crippen molar-refractivity contribution in [2.75, 3.05) is 39.6 Å². The van der Waals surface area contributed by atoms with E-state index in [2.05, 4.69) is 55.4 Å². The molecule has 17 nitrogen and oxygen atoms in total. The van der Waals surface area contributed by atoms with Crippen LogP contribution in [0.15, 0.2) is 0 Å². The van der Waals surface area contributed by atoms with Gasteiger partial charge in [-0.2, -0.15) is 0 Å². The van der Waals surface area contributed by atoms with Crippen molar-refractivity contribution in [3.05, 3.63) is 0 Å². The van der Waals surface area contributed by atoms with Crippen LogP contribution in [0, 0.1) is 23.7 Å². The van der Waals surface area contributed by atoms with E-state index in [1.165, 1.54) is 167 Å². The van der Waals surface area contributed by atoms with Gasteiger partial charge in [0.1, 0.15) is 19.3 Å². The summed E-state index contributed by atoms with van der Waals surface area (Å²) >= 11 is 0. The number of hydrogen-bond acceptors (Lipinski definition) is 15. The van der Waals surface area contributed by atoms with Crippen LogP contribution in [0.2, 0.25) is 0 Å². The number of rotatable bonds is 70. The van der Waals surface area contributed by atoms with E-state index in [9.17, 15) is 43.2 Å². The maximum Gasteiger partial charge on any atom is 0.472 e. The summed E-state index contributed by atoms with van der Waals surface area (Å²) in [5.74, 6) is 0.924. The summed E-state index contributed by atoms with van der Waals surface area (Å²) in [5, 5.41) is 10.6. The number of unbranched alkanes of at least 4 members (excludes halogenated alkanes) is 35. The van der Waals surface area contributed by atoms with E-state index in [0.717, 1.165) is 114 Å². The first kappa shape index (κ1) is 90.1. The molecule has 0 heterocycles. The number of phosphoric ester groups is 2. The average Bonchev–Trinajstić information content (AvgIpc) is 1.58. The zero-order valence-corrected chi connectivity index (χ0v) is 62.0. The van der Waals surface area contributed by atoms with Crippen LogP contribution in [0.1, 0.15) is 364 Å². The largest absolute Gasteiger partial charge is 0.472 e. The molecule has 0 spiro atoms. The molecule has 92 heavy (non-hydrogen) atoms. The smallest absolute Gasteiger partial charge is 0.462 e. The van der Waals surface area contributed by atoms with Crippen molar-refractivity contribution in [2.24, 2.45) is 23.7 Å². The lowest BCUT2D eigenvalue weighted by atomic mass is 9.99. The molecule has 0 saturated carbocycles. The van der Waals surface area contributed by atoms with Crippen LogP contribution in [0.4, 0.5) is 0 Å². The van der Waals surface area contributed by atoms with E-state index < -0.39 is 97.5 Å². The molecule has 0 aromatic carbocycles. The summed E-state index contributed by atoms with van der Waals surface area (Å²) < 4.78 is 68.4. The van der Waals surface area contributed by atoms with Crippen LogP contribution in [0.25, 0.3) is 0 Å². The van der Waals surface area contributed by atoms with Gasteiger partial charge in [-0.1, -0.05) is 312 Å². The first-order chi connectivity index (χ1) is 44.1. The Balaban J connectivity index is 5.27. The summed E-state index contributed by atoms with van der Waals surface area (Å²) in [6.07, 6.45) is 45.7. The Morgan fingerprint density at radius 1 is 0.304 bits per heavy atom. The van der Waals surface area contributed by atoms with Crippen molar-refractivity contribution in [1.29, 1.82) is 0 Å². The van der Waals surface area contributed by atoms with E-state index >= 15 is 0 Å². The molecule has 0 amide bonds. The van der Waals surface area contributed by atoms with Gasteiger partial charge >= 0.3 is 39.5 Å². The minimum absolute atomic E-state index is 0.104. The van der Waals surface area contributed by atoms with Crippen molar-refractivity contribution in [2.45, 2.75) is 382 Å². The molecule has 0 aliphatic rings. The number of aliphatic hydroxyl groups excluding tert-OH is 1. The van der Waals surface area contributed by atoms with Crippen molar-refractivity contribution < 1.29 is 80.2 Å². The van der Waals surface area contributed by atoms with Crippen LogP contribution >= 0.6 is 15.6 Å². The van der Waals surface area contributed by atoms with Crippen molar-refractivity contribution in [3.63, 3.8) is 0 Å². The molecule has 0 bridgehead atoms. The summed E-state index contributed by atoms with van der Waals surface area (Å²) in [4.78, 5) is 72.7. The fourth-order valence-electron chi connectivity index (χ4n) is 11.0. The summed E-state index contributed by atoms with van der Waals surface area (Å²) in [7, 11) is -9.91. The molecule has 0 rings (SSSR count). The molecule has 0 aliphatic heterocycles. The van der Waals surface area contributed by atoms with Crippen molar-refractivity contribution >= 4 is 39.5 Å². The van der Waals surface area contributed by atoms with Gasteiger partial charge in [0.05, 0.1) is 26.4 Å². The second-order valence-electron chi connectivity index (χ2n) is 28.0. The molecule has 6 atom stereocenters. The lowest BCUT2D eigenvalue weighted by molar-refractivity contribution is -0.161. The normalized spacial score (nSPS) is 14.5. The van der Waals surface area contributed by atoms with Gasteiger partial charge in [0.25, 0.3) is 0 Å². The molecule has 4 unspecified atom stereocenters. The third-order valence-electron chi connectivity index (χ3n) is 17.2. The highest BCUT2D eigenvalue weighted by molar-refractivity contribution is 7.47. The van der Waals surface area contributed by atoms with Gasteiger partial charge in [0.15, 0.2) is 12.2 Å². The van der Waals surface area contributed by atoms with E-state index in [0.29, 0.717) is 25.7 Å². The number of phosphoric acid groups is 2. The second-order valence-corrected chi connectivity index (χ2v) is 30.9. The molecule has 0 radical (unpaired) electrons. The minimum atomic E-state index is -4.96. The third kappa shape index (κ3) is 65.4. The Kier molecular flexibility index (Phi) is 61.3. The van der Waals surface area contributed by atoms with Gasteiger partial charge in [-0.3, -0.25) is 37.3 Å². The van der Waals surface area contributed by atoms with E-state index in [4.69, 9.17) is 37.0 Å².